The first-order valence-corrected chi connectivity index (χ1v) is 11.3. The van der Waals surface area contributed by atoms with E-state index in [0.29, 0.717) is 34.1 Å². The minimum atomic E-state index is -0.407. The van der Waals surface area contributed by atoms with Gasteiger partial charge in [-0.25, -0.2) is 14.8 Å². The van der Waals surface area contributed by atoms with Crippen LogP contribution in [0.15, 0.2) is 95.9 Å². The van der Waals surface area contributed by atoms with Gasteiger partial charge in [-0.2, -0.15) is 0 Å². The Morgan fingerprint density at radius 1 is 1.03 bits per heavy atom. The van der Waals surface area contributed by atoms with Crippen LogP contribution in [0.1, 0.15) is 18.7 Å². The maximum atomic E-state index is 14.1. The summed E-state index contributed by atoms with van der Waals surface area (Å²) in [7, 11) is 0. The smallest absolute Gasteiger partial charge is 0.267 e. The van der Waals surface area contributed by atoms with E-state index < -0.39 is 6.04 Å². The third-order valence-corrected chi connectivity index (χ3v) is 5.73. The van der Waals surface area contributed by atoms with Gasteiger partial charge in [0, 0.05) is 17.6 Å². The number of hydrogen-bond donors (Lipinski definition) is 2. The molecule has 2 aromatic heterocycles. The van der Waals surface area contributed by atoms with Gasteiger partial charge >= 0.3 is 0 Å². The number of ether oxygens (including phenoxy) is 1. The maximum Gasteiger partial charge on any atom is 0.267 e. The number of rotatable bonds is 6. The molecule has 8 nitrogen and oxygen atoms in total. The Morgan fingerprint density at radius 2 is 1.75 bits per heavy atom. The van der Waals surface area contributed by atoms with Crippen LogP contribution in [0.2, 0.25) is 0 Å². The highest BCUT2D eigenvalue weighted by Crippen LogP contribution is 2.32. The van der Waals surface area contributed by atoms with Gasteiger partial charge in [-0.1, -0.05) is 48.5 Å². The lowest BCUT2D eigenvalue weighted by molar-refractivity contribution is 0.487. The summed E-state index contributed by atoms with van der Waals surface area (Å²) in [6.07, 6.45) is 1.38. The van der Waals surface area contributed by atoms with E-state index in [1.807, 2.05) is 85.8 Å². The molecule has 0 aliphatic carbocycles. The lowest BCUT2D eigenvalue weighted by Gasteiger charge is -2.22. The Kier molecular flexibility index (Phi) is 6.03. The summed E-state index contributed by atoms with van der Waals surface area (Å²) in [5.74, 6) is 1.47. The molecule has 8 heteroatoms. The molecular formula is C28H22N6O2. The molecule has 0 unspecified atom stereocenters. The summed E-state index contributed by atoms with van der Waals surface area (Å²) in [6, 6.07) is 25.8. The normalized spacial score (nSPS) is 11.6. The largest absolute Gasteiger partial charge is 0.457 e. The summed E-state index contributed by atoms with van der Waals surface area (Å²) in [6.45, 7) is 9.33. The molecular weight excluding hydrogens is 452 g/mol. The molecule has 0 aliphatic rings. The van der Waals surface area contributed by atoms with Crippen molar-refractivity contribution in [3.63, 3.8) is 0 Å². The quantitative estimate of drug-likeness (QED) is 0.298. The number of fused-ring (bicyclic) bond motifs is 1. The Balaban J connectivity index is 1.69. The van der Waals surface area contributed by atoms with Gasteiger partial charge in [0.15, 0.2) is 0 Å². The molecule has 5 aromatic rings. The van der Waals surface area contributed by atoms with Crippen LogP contribution in [0.5, 0.6) is 11.5 Å². The number of nitrogens with one attached hydrogen (secondary N) is 1. The number of pyridine rings is 1. The molecule has 0 saturated heterocycles. The molecule has 0 radical (unpaired) electrons. The van der Waals surface area contributed by atoms with Crippen molar-refractivity contribution in [2.24, 2.45) is 0 Å². The summed E-state index contributed by atoms with van der Waals surface area (Å²) in [5, 5.41) is 4.44. The number of nitrogens with zero attached hydrogens (tertiary/aromatic N) is 4. The van der Waals surface area contributed by atoms with E-state index in [2.05, 4.69) is 20.1 Å². The van der Waals surface area contributed by atoms with Crippen molar-refractivity contribution < 1.29 is 4.74 Å². The van der Waals surface area contributed by atoms with E-state index >= 15 is 0 Å². The number of para-hydroxylation sites is 2. The van der Waals surface area contributed by atoms with Crippen molar-refractivity contribution in [1.29, 1.82) is 0 Å². The maximum absolute atomic E-state index is 14.1. The molecule has 1 atom stereocenters. The van der Waals surface area contributed by atoms with Crippen LogP contribution in [-0.2, 0) is 0 Å². The lowest BCUT2D eigenvalue weighted by atomic mass is 10.1. The van der Waals surface area contributed by atoms with E-state index in [1.165, 1.54) is 6.20 Å². The molecule has 3 N–H and O–H groups in total. The average molecular weight is 475 g/mol. The number of aromatic nitrogens is 3. The van der Waals surface area contributed by atoms with Crippen LogP contribution in [0.3, 0.4) is 0 Å². The van der Waals surface area contributed by atoms with E-state index in [0.717, 1.165) is 5.39 Å². The average Bonchev–Trinajstić information content (AvgIpc) is 2.90. The molecule has 0 aliphatic heterocycles. The molecule has 176 valence electrons. The first-order valence-electron chi connectivity index (χ1n) is 11.3. The van der Waals surface area contributed by atoms with Crippen molar-refractivity contribution in [3.05, 3.63) is 119 Å². The Hall–Kier alpha value is -5.16. The Labute approximate surface area is 207 Å². The second-order valence-electron chi connectivity index (χ2n) is 8.12. The molecule has 0 amide bonds. The van der Waals surface area contributed by atoms with Crippen molar-refractivity contribution >= 4 is 28.2 Å². The van der Waals surface area contributed by atoms with Gasteiger partial charge in [0.05, 0.1) is 18.0 Å². The third-order valence-electron chi connectivity index (χ3n) is 5.73. The van der Waals surface area contributed by atoms with E-state index in [9.17, 15) is 4.79 Å². The van der Waals surface area contributed by atoms with Gasteiger partial charge in [0.25, 0.3) is 5.56 Å². The van der Waals surface area contributed by atoms with Crippen LogP contribution < -0.4 is 21.3 Å². The Morgan fingerprint density at radius 3 is 2.47 bits per heavy atom. The zero-order valence-corrected chi connectivity index (χ0v) is 19.4. The number of hydrogen-bond acceptors (Lipinski definition) is 6. The number of nitrogens with two attached hydrogens (primary N) is 1. The van der Waals surface area contributed by atoms with Gasteiger partial charge in [0.2, 0.25) is 11.6 Å². The molecule has 36 heavy (non-hydrogen) atoms. The summed E-state index contributed by atoms with van der Waals surface area (Å²) < 4.78 is 7.76. The van der Waals surface area contributed by atoms with Crippen molar-refractivity contribution in [1.82, 2.24) is 14.5 Å². The van der Waals surface area contributed by atoms with Crippen LogP contribution in [-0.4, -0.2) is 14.5 Å². The second kappa shape index (κ2) is 9.60. The molecule has 0 bridgehead atoms. The molecule has 5 rings (SSSR count). The fourth-order valence-corrected chi connectivity index (χ4v) is 4.07. The SMILES string of the molecule is [C-]#[N+]c1cnc(N)nc1N[C@@H](C)c1cc2cccc(Oc3ccccc3)c2c(=O)n1-c1ccccc1. The van der Waals surface area contributed by atoms with Crippen molar-refractivity contribution in [2.45, 2.75) is 13.0 Å². The predicted octanol–water partition coefficient (Wildman–Crippen LogP) is 5.88. The highest BCUT2D eigenvalue weighted by molar-refractivity contribution is 5.88. The van der Waals surface area contributed by atoms with Crippen LogP contribution in [0, 0.1) is 6.57 Å². The summed E-state index contributed by atoms with van der Waals surface area (Å²) in [4.78, 5) is 25.6. The molecule has 2 heterocycles. The summed E-state index contributed by atoms with van der Waals surface area (Å²) >= 11 is 0. The monoisotopic (exact) mass is 474 g/mol. The predicted molar refractivity (Wildman–Crippen MR) is 141 cm³/mol. The highest BCUT2D eigenvalue weighted by Gasteiger charge is 2.20. The first kappa shape index (κ1) is 22.6. The third kappa shape index (κ3) is 4.33. The van der Waals surface area contributed by atoms with E-state index in [-0.39, 0.29) is 17.2 Å². The van der Waals surface area contributed by atoms with Crippen molar-refractivity contribution in [3.8, 4) is 17.2 Å². The van der Waals surface area contributed by atoms with Gasteiger partial charge in [-0.05, 0) is 48.7 Å². The fourth-order valence-electron chi connectivity index (χ4n) is 4.07. The molecule has 0 saturated carbocycles. The first-order chi connectivity index (χ1) is 17.5. The molecule has 0 spiro atoms. The van der Waals surface area contributed by atoms with Gasteiger partial charge in [-0.3, -0.25) is 9.36 Å². The second-order valence-corrected chi connectivity index (χ2v) is 8.12. The van der Waals surface area contributed by atoms with Crippen LogP contribution in [0.25, 0.3) is 21.3 Å². The van der Waals surface area contributed by atoms with Crippen LogP contribution >= 0.6 is 0 Å². The number of anilines is 2. The van der Waals surface area contributed by atoms with Crippen LogP contribution in [0.4, 0.5) is 17.5 Å². The number of benzene rings is 3. The zero-order chi connectivity index (χ0) is 25.1. The molecule has 0 fully saturated rings. The van der Waals surface area contributed by atoms with Gasteiger partial charge in [-0.15, -0.1) is 0 Å². The van der Waals surface area contributed by atoms with E-state index in [1.54, 1.807) is 10.6 Å². The fraction of sp³-hybridized carbons (Fsp3) is 0.0714. The lowest BCUT2D eigenvalue weighted by Crippen LogP contribution is -2.26. The number of nitrogen functional groups attached to an aromatic ring is 1. The van der Waals surface area contributed by atoms with Gasteiger partial charge in [0.1, 0.15) is 17.3 Å². The Bertz CT molecular complexity index is 1640. The summed E-state index contributed by atoms with van der Waals surface area (Å²) in [5.41, 5.74) is 7.17. The van der Waals surface area contributed by atoms with E-state index in [4.69, 9.17) is 17.0 Å². The minimum Gasteiger partial charge on any atom is -0.457 e. The molecule has 3 aromatic carbocycles. The minimum absolute atomic E-state index is 0.0544. The standard InChI is InChI=1S/C28H22N6O2/c1-18(32-26-22(30-2)17-31-28(29)33-26)23-16-19-10-9-15-24(36-21-13-7-4-8-14-21)25(19)27(35)34(23)20-11-5-3-6-12-20/h3-18H,1H3,(H3,29,31,32,33)/t18-/m0/s1. The van der Waals surface area contributed by atoms with Gasteiger partial charge < -0.3 is 15.8 Å². The highest BCUT2D eigenvalue weighted by atomic mass is 16.5. The van der Waals surface area contributed by atoms with Crippen molar-refractivity contribution in [2.75, 3.05) is 11.1 Å². The zero-order valence-electron chi connectivity index (χ0n) is 19.4. The topological polar surface area (TPSA) is 99.4 Å².